The van der Waals surface area contributed by atoms with E-state index in [0.29, 0.717) is 0 Å². The van der Waals surface area contributed by atoms with E-state index in [9.17, 15) is 15.0 Å². The van der Waals surface area contributed by atoms with Gasteiger partial charge in [0.2, 0.25) is 0 Å². The van der Waals surface area contributed by atoms with Crippen LogP contribution < -0.4 is 9.47 Å². The Morgan fingerprint density at radius 3 is 1.50 bits per heavy atom. The summed E-state index contributed by atoms with van der Waals surface area (Å²) in [5.74, 6) is -3.14. The van der Waals surface area contributed by atoms with E-state index in [1.165, 1.54) is 13.8 Å². The van der Waals surface area contributed by atoms with Crippen LogP contribution in [0.15, 0.2) is 60.7 Å². The average molecular weight is 302 g/mol. The van der Waals surface area contributed by atoms with Gasteiger partial charge in [0.1, 0.15) is 17.1 Å². The minimum Gasteiger partial charge on any atom is -0.475 e. The molecular formula is C17H18O5. The lowest BCUT2D eigenvalue weighted by molar-refractivity contribution is -0.236. The maximum Gasteiger partial charge on any atom is 0.393 e. The van der Waals surface area contributed by atoms with Gasteiger partial charge in [-0.05, 0) is 38.1 Å². The fraction of sp³-hybridized carbons (Fsp3) is 0.235. The van der Waals surface area contributed by atoms with E-state index in [4.69, 9.17) is 9.47 Å². The van der Waals surface area contributed by atoms with Crippen LogP contribution in [0.3, 0.4) is 0 Å². The van der Waals surface area contributed by atoms with Crippen LogP contribution >= 0.6 is 0 Å². The molecule has 2 aromatic rings. The van der Waals surface area contributed by atoms with Crippen molar-refractivity contribution in [3.63, 3.8) is 0 Å². The molecule has 116 valence electrons. The molecule has 2 N–H and O–H groups in total. The van der Waals surface area contributed by atoms with Crippen LogP contribution in [0.1, 0.15) is 13.8 Å². The average Bonchev–Trinajstić information content (AvgIpc) is 2.47. The summed E-state index contributed by atoms with van der Waals surface area (Å²) in [6, 6.07) is 16.7. The second kappa shape index (κ2) is 6.07. The standard InChI is InChI=1S/C17H18O5/c1-16(2,20)17(15(18)19,21-13-9-5-3-6-10-13)22-14-11-7-4-8-12-14/h3-12,20H,1-2H3,(H,18,19). The summed E-state index contributed by atoms with van der Waals surface area (Å²) in [4.78, 5) is 11.9. The predicted octanol–water partition coefficient (Wildman–Crippen LogP) is 2.70. The Bertz CT molecular complexity index is 575. The third kappa shape index (κ3) is 3.20. The number of para-hydroxylation sites is 2. The molecule has 0 saturated carbocycles. The number of carboxylic acids is 1. The highest BCUT2D eigenvalue weighted by molar-refractivity contribution is 5.78. The Morgan fingerprint density at radius 1 is 0.864 bits per heavy atom. The molecule has 2 rings (SSSR count). The minimum absolute atomic E-state index is 0.281. The molecule has 0 aliphatic carbocycles. The first kappa shape index (κ1) is 15.9. The van der Waals surface area contributed by atoms with E-state index >= 15 is 0 Å². The van der Waals surface area contributed by atoms with Gasteiger partial charge in [-0.3, -0.25) is 0 Å². The Morgan fingerprint density at radius 2 is 1.23 bits per heavy atom. The first-order valence-electron chi connectivity index (χ1n) is 6.79. The smallest absolute Gasteiger partial charge is 0.393 e. The van der Waals surface area contributed by atoms with E-state index in [0.717, 1.165) is 0 Å². The molecule has 0 radical (unpaired) electrons. The summed E-state index contributed by atoms with van der Waals surface area (Å²) in [5, 5.41) is 20.1. The Kier molecular flexibility index (Phi) is 4.37. The van der Waals surface area contributed by atoms with Crippen molar-refractivity contribution in [1.29, 1.82) is 0 Å². The van der Waals surface area contributed by atoms with E-state index in [-0.39, 0.29) is 11.5 Å². The molecule has 0 aliphatic heterocycles. The maximum atomic E-state index is 11.9. The first-order chi connectivity index (χ1) is 10.3. The monoisotopic (exact) mass is 302 g/mol. The normalized spacial score (nSPS) is 11.8. The van der Waals surface area contributed by atoms with E-state index < -0.39 is 17.4 Å². The lowest BCUT2D eigenvalue weighted by Gasteiger charge is -2.38. The first-order valence-corrected chi connectivity index (χ1v) is 6.79. The van der Waals surface area contributed by atoms with Gasteiger partial charge in [0, 0.05) is 0 Å². The molecule has 0 amide bonds. The van der Waals surface area contributed by atoms with Gasteiger partial charge in [-0.15, -0.1) is 0 Å². The lowest BCUT2D eigenvalue weighted by atomic mass is 9.97. The van der Waals surface area contributed by atoms with Gasteiger partial charge >= 0.3 is 11.8 Å². The molecule has 5 nitrogen and oxygen atoms in total. The number of carbonyl (C=O) groups is 1. The number of aliphatic carboxylic acids is 1. The fourth-order valence-electron chi connectivity index (χ4n) is 1.93. The number of hydrogen-bond acceptors (Lipinski definition) is 4. The van der Waals surface area contributed by atoms with Crippen molar-refractivity contribution in [3.05, 3.63) is 60.7 Å². The summed E-state index contributed by atoms with van der Waals surface area (Å²) < 4.78 is 11.1. The van der Waals surface area contributed by atoms with Crippen LogP contribution in [0.5, 0.6) is 11.5 Å². The Labute approximate surface area is 128 Å². The number of carboxylic acid groups (broad SMARTS) is 1. The molecule has 0 saturated heterocycles. The van der Waals surface area contributed by atoms with Crippen molar-refractivity contribution in [2.45, 2.75) is 25.2 Å². The Balaban J connectivity index is 2.45. The molecule has 5 heteroatoms. The van der Waals surface area contributed by atoms with Crippen molar-refractivity contribution in [1.82, 2.24) is 0 Å². The third-order valence-corrected chi connectivity index (χ3v) is 3.10. The zero-order chi connectivity index (χ0) is 16.2. The van der Waals surface area contributed by atoms with E-state index in [2.05, 4.69) is 0 Å². The van der Waals surface area contributed by atoms with Crippen LogP contribution in [0.4, 0.5) is 0 Å². The Hall–Kier alpha value is -2.53. The highest BCUT2D eigenvalue weighted by Crippen LogP contribution is 2.32. The summed E-state index contributed by atoms with van der Waals surface area (Å²) >= 11 is 0. The zero-order valence-corrected chi connectivity index (χ0v) is 12.4. The van der Waals surface area contributed by atoms with Crippen molar-refractivity contribution < 1.29 is 24.5 Å². The van der Waals surface area contributed by atoms with Gasteiger partial charge in [-0.1, -0.05) is 36.4 Å². The van der Waals surface area contributed by atoms with Crippen molar-refractivity contribution in [3.8, 4) is 11.5 Å². The summed E-state index contributed by atoms with van der Waals surface area (Å²) in [5.41, 5.74) is -1.80. The molecule has 0 aromatic heterocycles. The molecule has 0 spiro atoms. The molecule has 0 atom stereocenters. The zero-order valence-electron chi connectivity index (χ0n) is 12.4. The molecule has 0 heterocycles. The highest BCUT2D eigenvalue weighted by atomic mass is 16.7. The van der Waals surface area contributed by atoms with Crippen molar-refractivity contribution in [2.24, 2.45) is 0 Å². The second-order valence-electron chi connectivity index (χ2n) is 5.31. The second-order valence-corrected chi connectivity index (χ2v) is 5.31. The number of ether oxygens (including phenoxy) is 2. The molecule has 0 fully saturated rings. The lowest BCUT2D eigenvalue weighted by Crippen LogP contribution is -2.64. The quantitative estimate of drug-likeness (QED) is 0.802. The van der Waals surface area contributed by atoms with Crippen LogP contribution in [0, 0.1) is 0 Å². The van der Waals surface area contributed by atoms with Crippen molar-refractivity contribution >= 4 is 5.97 Å². The molecule has 0 aliphatic rings. The minimum atomic E-state index is -2.28. The number of rotatable bonds is 6. The van der Waals surface area contributed by atoms with Gasteiger partial charge in [0.15, 0.2) is 0 Å². The van der Waals surface area contributed by atoms with E-state index in [1.807, 2.05) is 0 Å². The van der Waals surface area contributed by atoms with E-state index in [1.54, 1.807) is 60.7 Å². The largest absolute Gasteiger partial charge is 0.475 e. The van der Waals surface area contributed by atoms with Gasteiger partial charge in [-0.25, -0.2) is 4.79 Å². The summed E-state index contributed by atoms with van der Waals surface area (Å²) in [6.07, 6.45) is 0. The maximum absolute atomic E-state index is 11.9. The van der Waals surface area contributed by atoms with Crippen LogP contribution in [0.25, 0.3) is 0 Å². The fourth-order valence-corrected chi connectivity index (χ4v) is 1.93. The van der Waals surface area contributed by atoms with Crippen LogP contribution in [0.2, 0.25) is 0 Å². The molecule has 0 bridgehead atoms. The number of aliphatic hydroxyl groups is 1. The van der Waals surface area contributed by atoms with Gasteiger partial charge < -0.3 is 19.7 Å². The molecular weight excluding hydrogens is 284 g/mol. The van der Waals surface area contributed by atoms with Crippen molar-refractivity contribution in [2.75, 3.05) is 0 Å². The van der Waals surface area contributed by atoms with Gasteiger partial charge in [-0.2, -0.15) is 0 Å². The SMILES string of the molecule is CC(C)(O)C(Oc1ccccc1)(Oc1ccccc1)C(=O)O. The summed E-state index contributed by atoms with van der Waals surface area (Å²) in [6.45, 7) is 2.65. The van der Waals surface area contributed by atoms with Crippen LogP contribution in [-0.2, 0) is 4.79 Å². The highest BCUT2D eigenvalue weighted by Gasteiger charge is 2.57. The molecule has 22 heavy (non-hydrogen) atoms. The molecule has 0 unspecified atom stereocenters. The van der Waals surface area contributed by atoms with Gasteiger partial charge in [0.05, 0.1) is 0 Å². The topological polar surface area (TPSA) is 76.0 Å². The summed E-state index contributed by atoms with van der Waals surface area (Å²) in [7, 11) is 0. The van der Waals surface area contributed by atoms with Crippen LogP contribution in [-0.4, -0.2) is 27.6 Å². The number of hydrogen-bond donors (Lipinski definition) is 2. The third-order valence-electron chi connectivity index (χ3n) is 3.10. The predicted molar refractivity (Wildman–Crippen MR) is 80.8 cm³/mol. The number of benzene rings is 2. The molecule has 2 aromatic carbocycles. The van der Waals surface area contributed by atoms with Gasteiger partial charge in [0.25, 0.3) is 0 Å².